The minimum Gasteiger partial charge on any atom is -0.488 e. The van der Waals surface area contributed by atoms with E-state index in [0.29, 0.717) is 36.5 Å². The minimum absolute atomic E-state index is 0.115. The van der Waals surface area contributed by atoms with Gasteiger partial charge in [0.1, 0.15) is 5.70 Å². The van der Waals surface area contributed by atoms with Crippen LogP contribution in [-0.4, -0.2) is 49.3 Å². The van der Waals surface area contributed by atoms with Crippen molar-refractivity contribution in [2.75, 3.05) is 32.8 Å². The Morgan fingerprint density at radius 1 is 1.10 bits per heavy atom. The number of carbonyl (C=O) groups excluding carboxylic acids is 2. The van der Waals surface area contributed by atoms with E-state index in [2.05, 4.69) is 5.32 Å². The Balaban J connectivity index is 2.09. The van der Waals surface area contributed by atoms with Gasteiger partial charge in [0.15, 0.2) is 5.76 Å². The van der Waals surface area contributed by atoms with Crippen LogP contribution in [0, 0.1) is 0 Å². The second-order valence-corrected chi connectivity index (χ2v) is 5.05. The summed E-state index contributed by atoms with van der Waals surface area (Å²) in [7, 11) is 0. The third kappa shape index (κ3) is 2.34. The number of ether oxygens (including phenoxy) is 1. The van der Waals surface area contributed by atoms with E-state index in [1.54, 1.807) is 24.3 Å². The molecule has 0 bridgehead atoms. The molecule has 0 radical (unpaired) electrons. The van der Waals surface area contributed by atoms with E-state index >= 15 is 0 Å². The second kappa shape index (κ2) is 5.69. The van der Waals surface area contributed by atoms with Gasteiger partial charge in [-0.3, -0.25) is 9.59 Å². The number of benzene rings is 1. The van der Waals surface area contributed by atoms with E-state index in [0.717, 1.165) is 13.1 Å². The van der Waals surface area contributed by atoms with Crippen molar-refractivity contribution in [3.63, 3.8) is 0 Å². The van der Waals surface area contributed by atoms with Crippen LogP contribution in [0.2, 0.25) is 0 Å². The molecule has 1 aliphatic heterocycles. The first-order chi connectivity index (χ1) is 10.2. The molecule has 1 aliphatic carbocycles. The third-order valence-corrected chi connectivity index (χ3v) is 3.77. The van der Waals surface area contributed by atoms with E-state index in [1.807, 2.05) is 11.8 Å². The summed E-state index contributed by atoms with van der Waals surface area (Å²) < 4.78 is 5.54. The Morgan fingerprint density at radius 3 is 2.33 bits per heavy atom. The SMILES string of the molecule is CCOC1=C(N2CCNCC2)C(=O)c2ccccc2C1=O. The molecular formula is C16H18N2O3. The fourth-order valence-electron chi connectivity index (χ4n) is 2.79. The van der Waals surface area contributed by atoms with Gasteiger partial charge in [0, 0.05) is 37.3 Å². The fraction of sp³-hybridized carbons (Fsp3) is 0.375. The average molecular weight is 286 g/mol. The summed E-state index contributed by atoms with van der Waals surface area (Å²) in [6, 6.07) is 6.94. The van der Waals surface area contributed by atoms with Gasteiger partial charge >= 0.3 is 0 Å². The normalized spacial score (nSPS) is 18.8. The van der Waals surface area contributed by atoms with Crippen LogP contribution in [0.25, 0.3) is 0 Å². The number of piperazine rings is 1. The zero-order valence-corrected chi connectivity index (χ0v) is 12.0. The maximum atomic E-state index is 12.8. The number of nitrogens with one attached hydrogen (secondary N) is 1. The number of rotatable bonds is 3. The van der Waals surface area contributed by atoms with Crippen LogP contribution in [0.1, 0.15) is 27.6 Å². The van der Waals surface area contributed by atoms with Gasteiger partial charge in [-0.1, -0.05) is 24.3 Å². The lowest BCUT2D eigenvalue weighted by Gasteiger charge is -2.33. The van der Waals surface area contributed by atoms with Crippen molar-refractivity contribution >= 4 is 11.6 Å². The highest BCUT2D eigenvalue weighted by atomic mass is 16.5. The molecule has 5 heteroatoms. The molecule has 1 fully saturated rings. The molecule has 5 nitrogen and oxygen atoms in total. The van der Waals surface area contributed by atoms with Gasteiger partial charge in [0.05, 0.1) is 6.61 Å². The highest BCUT2D eigenvalue weighted by molar-refractivity contribution is 6.25. The second-order valence-electron chi connectivity index (χ2n) is 5.05. The number of allylic oxidation sites excluding steroid dienone is 2. The molecule has 1 aromatic rings. The van der Waals surface area contributed by atoms with Crippen LogP contribution in [0.5, 0.6) is 0 Å². The molecule has 0 aromatic heterocycles. The Kier molecular flexibility index (Phi) is 3.75. The molecule has 1 saturated heterocycles. The Hall–Kier alpha value is -2.14. The molecular weight excluding hydrogens is 268 g/mol. The molecule has 21 heavy (non-hydrogen) atoms. The van der Waals surface area contributed by atoms with Crippen molar-refractivity contribution in [3.05, 3.63) is 46.8 Å². The molecule has 0 unspecified atom stereocenters. The standard InChI is InChI=1S/C16H18N2O3/c1-2-21-16-13(18-9-7-17-8-10-18)14(19)11-5-3-4-6-12(11)15(16)20/h3-6,17H,2,7-10H2,1H3. The van der Waals surface area contributed by atoms with Crippen LogP contribution < -0.4 is 5.32 Å². The van der Waals surface area contributed by atoms with E-state index in [4.69, 9.17) is 4.74 Å². The first-order valence-electron chi connectivity index (χ1n) is 7.25. The van der Waals surface area contributed by atoms with Crippen molar-refractivity contribution in [1.29, 1.82) is 0 Å². The van der Waals surface area contributed by atoms with Gasteiger partial charge in [-0.25, -0.2) is 0 Å². The predicted molar refractivity (Wildman–Crippen MR) is 78.2 cm³/mol. The number of hydrogen-bond acceptors (Lipinski definition) is 5. The number of hydrogen-bond donors (Lipinski definition) is 1. The summed E-state index contributed by atoms with van der Waals surface area (Å²) in [5.74, 6) is -0.112. The maximum absolute atomic E-state index is 12.8. The molecule has 0 spiro atoms. The van der Waals surface area contributed by atoms with Crippen molar-refractivity contribution in [3.8, 4) is 0 Å². The Bertz CT molecular complexity index is 616. The molecule has 0 saturated carbocycles. The van der Waals surface area contributed by atoms with Crippen molar-refractivity contribution in [1.82, 2.24) is 10.2 Å². The minimum atomic E-state index is -0.194. The molecule has 1 heterocycles. The van der Waals surface area contributed by atoms with Crippen LogP contribution >= 0.6 is 0 Å². The van der Waals surface area contributed by atoms with Crippen molar-refractivity contribution < 1.29 is 14.3 Å². The zero-order valence-electron chi connectivity index (χ0n) is 12.0. The smallest absolute Gasteiger partial charge is 0.230 e. The first-order valence-corrected chi connectivity index (χ1v) is 7.25. The lowest BCUT2D eigenvalue weighted by atomic mass is 9.90. The van der Waals surface area contributed by atoms with E-state index in [1.165, 1.54) is 0 Å². The monoisotopic (exact) mass is 286 g/mol. The van der Waals surface area contributed by atoms with Crippen LogP contribution in [-0.2, 0) is 4.74 Å². The lowest BCUT2D eigenvalue weighted by molar-refractivity contribution is 0.0836. The number of carbonyl (C=O) groups is 2. The average Bonchev–Trinajstić information content (AvgIpc) is 2.54. The summed E-state index contributed by atoms with van der Waals surface area (Å²) in [6.07, 6.45) is 0. The fourth-order valence-corrected chi connectivity index (χ4v) is 2.79. The van der Waals surface area contributed by atoms with Gasteiger partial charge in [0.2, 0.25) is 11.6 Å². The summed E-state index contributed by atoms with van der Waals surface area (Å²) in [5.41, 5.74) is 1.33. The summed E-state index contributed by atoms with van der Waals surface area (Å²) in [5, 5.41) is 3.24. The quantitative estimate of drug-likeness (QED) is 0.905. The topological polar surface area (TPSA) is 58.6 Å². The predicted octanol–water partition coefficient (Wildman–Crippen LogP) is 1.22. The molecule has 3 rings (SSSR count). The summed E-state index contributed by atoms with van der Waals surface area (Å²) in [6.45, 7) is 5.19. The number of Topliss-reactive ketones (excluding diaryl/α,β-unsaturated/α-hetero) is 2. The first kappa shape index (κ1) is 13.8. The molecule has 2 aliphatic rings. The van der Waals surface area contributed by atoms with Gasteiger partial charge in [-0.15, -0.1) is 0 Å². The Morgan fingerprint density at radius 2 is 1.71 bits per heavy atom. The highest BCUT2D eigenvalue weighted by Crippen LogP contribution is 2.29. The van der Waals surface area contributed by atoms with Crippen LogP contribution in [0.15, 0.2) is 35.7 Å². The highest BCUT2D eigenvalue weighted by Gasteiger charge is 2.36. The Labute approximate surface area is 123 Å². The number of nitrogens with zero attached hydrogens (tertiary/aromatic N) is 1. The van der Waals surface area contributed by atoms with E-state index < -0.39 is 0 Å². The number of ketones is 2. The molecule has 0 amide bonds. The summed E-state index contributed by atoms with van der Waals surface area (Å²) >= 11 is 0. The molecule has 0 atom stereocenters. The van der Waals surface area contributed by atoms with Gasteiger partial charge < -0.3 is 15.0 Å². The summed E-state index contributed by atoms with van der Waals surface area (Å²) in [4.78, 5) is 27.4. The third-order valence-electron chi connectivity index (χ3n) is 3.77. The zero-order chi connectivity index (χ0) is 14.8. The molecule has 1 N–H and O–H groups in total. The van der Waals surface area contributed by atoms with Crippen molar-refractivity contribution in [2.45, 2.75) is 6.92 Å². The largest absolute Gasteiger partial charge is 0.488 e. The van der Waals surface area contributed by atoms with E-state index in [-0.39, 0.29) is 17.3 Å². The van der Waals surface area contributed by atoms with Crippen LogP contribution in [0.4, 0.5) is 0 Å². The van der Waals surface area contributed by atoms with Gasteiger partial charge in [-0.2, -0.15) is 0 Å². The van der Waals surface area contributed by atoms with Crippen molar-refractivity contribution in [2.24, 2.45) is 0 Å². The number of fused-ring (bicyclic) bond motifs is 1. The van der Waals surface area contributed by atoms with Gasteiger partial charge in [-0.05, 0) is 6.92 Å². The molecule has 110 valence electrons. The van der Waals surface area contributed by atoms with E-state index in [9.17, 15) is 9.59 Å². The molecule has 1 aromatic carbocycles. The lowest BCUT2D eigenvalue weighted by Crippen LogP contribution is -2.46. The maximum Gasteiger partial charge on any atom is 0.230 e. The van der Waals surface area contributed by atoms with Crippen LogP contribution in [0.3, 0.4) is 0 Å². The van der Waals surface area contributed by atoms with Gasteiger partial charge in [0.25, 0.3) is 0 Å².